The molecule has 2 atom stereocenters. The van der Waals surface area contributed by atoms with Gasteiger partial charge in [0.05, 0.1) is 29.0 Å². The third kappa shape index (κ3) is 2.40. The maximum atomic E-state index is 15.2. The Kier molecular flexibility index (Phi) is 3.89. The number of benzene rings is 1. The lowest BCUT2D eigenvalue weighted by atomic mass is 9.81. The number of nitrogens with two attached hydrogens (primary N) is 1. The second-order valence-electron chi connectivity index (χ2n) is 10.0. The molecule has 0 saturated heterocycles. The van der Waals surface area contributed by atoms with E-state index in [1.165, 1.54) is 6.07 Å². The minimum Gasteiger partial charge on any atom is -0.458 e. The van der Waals surface area contributed by atoms with Crippen LogP contribution < -0.4 is 11.3 Å². The van der Waals surface area contributed by atoms with Gasteiger partial charge in [0, 0.05) is 28.6 Å². The van der Waals surface area contributed by atoms with E-state index in [0.29, 0.717) is 29.9 Å². The molecule has 34 heavy (non-hydrogen) atoms. The maximum Gasteiger partial charge on any atom is 0.343 e. The van der Waals surface area contributed by atoms with Crippen molar-refractivity contribution in [3.05, 3.63) is 61.7 Å². The predicted octanol–water partition coefficient (Wildman–Crippen LogP) is 3.04. The van der Waals surface area contributed by atoms with E-state index >= 15 is 4.39 Å². The lowest BCUT2D eigenvalue weighted by Gasteiger charge is -2.31. The summed E-state index contributed by atoms with van der Waals surface area (Å²) in [4.78, 5) is 30.7. The van der Waals surface area contributed by atoms with E-state index in [9.17, 15) is 14.7 Å². The molecule has 0 spiro atoms. The molecule has 3 aromatic rings. The lowest BCUT2D eigenvalue weighted by molar-refractivity contribution is -0.172. The molecule has 2 aliphatic heterocycles. The van der Waals surface area contributed by atoms with Crippen LogP contribution in [0.4, 0.5) is 4.39 Å². The molecular formula is C26H24FN3O4. The highest BCUT2D eigenvalue weighted by Gasteiger charge is 2.46. The van der Waals surface area contributed by atoms with Gasteiger partial charge >= 0.3 is 5.97 Å². The Balaban J connectivity index is 1.54. The zero-order chi connectivity index (χ0) is 23.5. The van der Waals surface area contributed by atoms with E-state index in [-0.39, 0.29) is 47.5 Å². The molecule has 0 bridgehead atoms. The molecular weight excluding hydrogens is 437 g/mol. The third-order valence-electron chi connectivity index (χ3n) is 8.18. The van der Waals surface area contributed by atoms with Crippen LogP contribution in [0.25, 0.3) is 22.3 Å². The van der Waals surface area contributed by atoms with Crippen molar-refractivity contribution in [1.82, 2.24) is 9.55 Å². The van der Waals surface area contributed by atoms with Crippen LogP contribution in [0.2, 0.25) is 0 Å². The lowest BCUT2D eigenvalue weighted by Crippen LogP contribution is -2.44. The Hall–Kier alpha value is -3.10. The van der Waals surface area contributed by atoms with Crippen LogP contribution in [0.1, 0.15) is 77.9 Å². The number of pyridine rings is 2. The van der Waals surface area contributed by atoms with Gasteiger partial charge in [0.2, 0.25) is 0 Å². The number of aryl methyl sites for hydroxylation is 1. The second kappa shape index (κ2) is 6.52. The van der Waals surface area contributed by atoms with Crippen molar-refractivity contribution in [2.24, 2.45) is 5.73 Å². The Labute approximate surface area is 194 Å². The molecule has 1 aromatic carbocycles. The van der Waals surface area contributed by atoms with Crippen LogP contribution in [0.15, 0.2) is 16.9 Å². The topological polar surface area (TPSA) is 107 Å². The average molecular weight is 461 g/mol. The van der Waals surface area contributed by atoms with Crippen molar-refractivity contribution in [2.45, 2.75) is 69.7 Å². The normalized spacial score (nSPS) is 24.6. The average Bonchev–Trinajstić information content (AvgIpc) is 3.59. The molecule has 1 saturated carbocycles. The molecule has 2 aromatic heterocycles. The van der Waals surface area contributed by atoms with E-state index < -0.39 is 11.6 Å². The van der Waals surface area contributed by atoms with Crippen molar-refractivity contribution in [3.8, 4) is 11.4 Å². The summed E-state index contributed by atoms with van der Waals surface area (Å²) in [6.07, 6.45) is 3.51. The highest BCUT2D eigenvalue weighted by molar-refractivity contribution is 5.93. The Morgan fingerprint density at radius 3 is 2.74 bits per heavy atom. The van der Waals surface area contributed by atoms with Crippen molar-refractivity contribution >= 4 is 16.9 Å². The Bertz CT molecular complexity index is 1520. The summed E-state index contributed by atoms with van der Waals surface area (Å²) in [7, 11) is 0. The monoisotopic (exact) mass is 461 g/mol. The number of rotatable bonds is 2. The van der Waals surface area contributed by atoms with E-state index in [1.807, 2.05) is 0 Å². The number of ether oxygens (including phenoxy) is 1. The predicted molar refractivity (Wildman–Crippen MR) is 122 cm³/mol. The number of carbonyl (C=O) groups excluding carboxylic acids is 1. The van der Waals surface area contributed by atoms with Crippen LogP contribution in [0.3, 0.4) is 0 Å². The Morgan fingerprint density at radius 2 is 2.00 bits per heavy atom. The minimum absolute atomic E-state index is 0.0777. The van der Waals surface area contributed by atoms with Crippen LogP contribution >= 0.6 is 0 Å². The van der Waals surface area contributed by atoms with Gasteiger partial charge in [-0.05, 0) is 60.8 Å². The van der Waals surface area contributed by atoms with Gasteiger partial charge in [-0.3, -0.25) is 4.79 Å². The molecule has 174 valence electrons. The first-order valence-electron chi connectivity index (χ1n) is 11.9. The number of nitrogens with zero attached hydrogens (tertiary/aromatic N) is 2. The number of esters is 1. The number of hydrogen-bond acceptors (Lipinski definition) is 6. The zero-order valence-electron chi connectivity index (χ0n) is 18.8. The standard InChI is InChI=1S/C26H24FN3O4/c1-2-26(33)15-7-19-23-13(9-30(19)24(31)14(15)10-34-25(26)32)21-17(28)6-5-12-20(11-3-4-11)16(27)8-18(29-23)22(12)21/h7-8,11,17,33H,2-6,9-10,28H2,1H3/t17?,26-/m0/s1. The highest BCUT2D eigenvalue weighted by Crippen LogP contribution is 2.50. The van der Waals surface area contributed by atoms with Crippen LogP contribution in [0, 0.1) is 5.82 Å². The van der Waals surface area contributed by atoms with Gasteiger partial charge in [-0.25, -0.2) is 14.2 Å². The van der Waals surface area contributed by atoms with E-state index in [4.69, 9.17) is 15.5 Å². The summed E-state index contributed by atoms with van der Waals surface area (Å²) in [5, 5.41) is 12.0. The first-order chi connectivity index (χ1) is 16.3. The van der Waals surface area contributed by atoms with Gasteiger partial charge in [-0.2, -0.15) is 0 Å². The van der Waals surface area contributed by atoms with Gasteiger partial charge in [0.15, 0.2) is 5.60 Å². The zero-order valence-corrected chi connectivity index (χ0v) is 18.8. The summed E-state index contributed by atoms with van der Waals surface area (Å²) in [5.41, 5.74) is 10.3. The Morgan fingerprint density at radius 1 is 1.21 bits per heavy atom. The van der Waals surface area contributed by atoms with Crippen molar-refractivity contribution in [1.29, 1.82) is 0 Å². The van der Waals surface area contributed by atoms with Crippen molar-refractivity contribution in [3.63, 3.8) is 0 Å². The first kappa shape index (κ1) is 20.3. The fourth-order valence-electron chi connectivity index (χ4n) is 6.27. The fraction of sp³-hybridized carbons (Fsp3) is 0.423. The number of hydrogen-bond donors (Lipinski definition) is 2. The molecule has 2 aliphatic carbocycles. The van der Waals surface area contributed by atoms with Crippen LogP contribution in [-0.4, -0.2) is 20.6 Å². The van der Waals surface area contributed by atoms with E-state index in [0.717, 1.165) is 46.9 Å². The summed E-state index contributed by atoms with van der Waals surface area (Å²) in [5.74, 6) is -0.707. The first-order valence-corrected chi connectivity index (χ1v) is 11.9. The molecule has 7 rings (SSSR count). The van der Waals surface area contributed by atoms with Gasteiger partial charge in [0.1, 0.15) is 12.4 Å². The van der Waals surface area contributed by atoms with Gasteiger partial charge in [-0.15, -0.1) is 0 Å². The van der Waals surface area contributed by atoms with Crippen LogP contribution in [0.5, 0.6) is 0 Å². The molecule has 7 nitrogen and oxygen atoms in total. The third-order valence-corrected chi connectivity index (χ3v) is 8.18. The SMILES string of the molecule is CC[C@@]1(O)C(=O)OCc2c1cc1n(c2=O)Cc2c-1nc1cc(F)c(C3CC3)c3c1c2C(N)CC3. The maximum absolute atomic E-state index is 15.2. The fourth-order valence-corrected chi connectivity index (χ4v) is 6.27. The van der Waals surface area contributed by atoms with E-state index in [2.05, 4.69) is 0 Å². The van der Waals surface area contributed by atoms with Gasteiger partial charge < -0.3 is 20.1 Å². The summed E-state index contributed by atoms with van der Waals surface area (Å²) >= 11 is 0. The number of halogens is 1. The minimum atomic E-state index is -1.88. The highest BCUT2D eigenvalue weighted by atomic mass is 19.1. The molecule has 3 N–H and O–H groups in total. The van der Waals surface area contributed by atoms with E-state index in [1.54, 1.807) is 17.6 Å². The number of cyclic esters (lactones) is 1. The van der Waals surface area contributed by atoms with Gasteiger partial charge in [-0.1, -0.05) is 6.92 Å². The largest absolute Gasteiger partial charge is 0.458 e. The molecule has 8 heteroatoms. The second-order valence-corrected chi connectivity index (χ2v) is 10.0. The molecule has 1 fully saturated rings. The quantitative estimate of drug-likeness (QED) is 0.445. The molecule has 0 radical (unpaired) electrons. The summed E-state index contributed by atoms with van der Waals surface area (Å²) in [6, 6.07) is 2.96. The number of aromatic nitrogens is 2. The summed E-state index contributed by atoms with van der Waals surface area (Å²) < 4.78 is 22.0. The molecule has 0 amide bonds. The van der Waals surface area contributed by atoms with Crippen molar-refractivity contribution in [2.75, 3.05) is 0 Å². The summed E-state index contributed by atoms with van der Waals surface area (Å²) in [6.45, 7) is 1.80. The van der Waals surface area contributed by atoms with Crippen molar-refractivity contribution < 1.29 is 19.0 Å². The molecule has 4 heterocycles. The molecule has 4 aliphatic rings. The smallest absolute Gasteiger partial charge is 0.343 e. The molecule has 1 unspecified atom stereocenters. The van der Waals surface area contributed by atoms with Crippen LogP contribution in [-0.2, 0) is 34.7 Å². The van der Waals surface area contributed by atoms with Gasteiger partial charge in [0.25, 0.3) is 5.56 Å². The number of carbonyl (C=O) groups is 1. The number of fused-ring (bicyclic) bond motifs is 5. The number of aliphatic hydroxyl groups is 1.